The molecule has 0 bridgehead atoms. The zero-order valence-electron chi connectivity index (χ0n) is 10.3. The number of urea groups is 1. The van der Waals surface area contributed by atoms with E-state index in [4.69, 9.17) is 0 Å². The topological polar surface area (TPSA) is 67.2 Å². The van der Waals surface area contributed by atoms with E-state index in [0.29, 0.717) is 6.54 Å². The van der Waals surface area contributed by atoms with Crippen molar-refractivity contribution in [1.29, 1.82) is 0 Å². The number of imide groups is 1. The molecule has 1 aliphatic heterocycles. The van der Waals surface area contributed by atoms with Gasteiger partial charge in [0.1, 0.15) is 5.54 Å². The van der Waals surface area contributed by atoms with E-state index in [1.807, 2.05) is 13.2 Å². The number of aryl methyl sites for hydroxylation is 1. The van der Waals surface area contributed by atoms with Crippen LogP contribution in [-0.4, -0.2) is 32.2 Å². The number of nitrogens with zero attached hydrogens (tertiary/aromatic N) is 3. The Bertz CT molecular complexity index is 502. The molecule has 3 rings (SSSR count). The molecule has 0 atom stereocenters. The summed E-state index contributed by atoms with van der Waals surface area (Å²) in [5, 5.41) is 6.54. The molecule has 1 N–H and O–H groups in total. The minimum absolute atomic E-state index is 0.131. The second kappa shape index (κ2) is 3.83. The van der Waals surface area contributed by atoms with Gasteiger partial charge < -0.3 is 4.90 Å². The zero-order valence-corrected chi connectivity index (χ0v) is 10.3. The number of rotatable bonds is 2. The van der Waals surface area contributed by atoms with Gasteiger partial charge in [0.25, 0.3) is 5.91 Å². The molecular weight excluding hydrogens is 232 g/mol. The first-order chi connectivity index (χ1) is 8.62. The van der Waals surface area contributed by atoms with E-state index in [9.17, 15) is 9.59 Å². The minimum atomic E-state index is -0.604. The number of nitrogens with one attached hydrogen (secondary N) is 1. The fourth-order valence-corrected chi connectivity index (χ4v) is 3.01. The average molecular weight is 248 g/mol. The SMILES string of the molecule is Cn1cc(CN2C(=O)NC(=O)C23CCCC3)cn1. The fraction of sp³-hybridized carbons (Fsp3) is 0.583. The molecule has 1 saturated carbocycles. The summed E-state index contributed by atoms with van der Waals surface area (Å²) in [7, 11) is 1.84. The van der Waals surface area contributed by atoms with Crippen molar-refractivity contribution in [1.82, 2.24) is 20.0 Å². The Labute approximate surface area is 105 Å². The van der Waals surface area contributed by atoms with Crippen molar-refractivity contribution >= 4 is 11.9 Å². The number of aromatic nitrogens is 2. The van der Waals surface area contributed by atoms with Crippen LogP contribution in [0.25, 0.3) is 0 Å². The molecule has 1 aliphatic carbocycles. The molecule has 2 fully saturated rings. The van der Waals surface area contributed by atoms with E-state index in [1.54, 1.807) is 15.8 Å². The van der Waals surface area contributed by atoms with Crippen LogP contribution in [0.5, 0.6) is 0 Å². The first-order valence-electron chi connectivity index (χ1n) is 6.22. The van der Waals surface area contributed by atoms with Crippen molar-refractivity contribution in [3.8, 4) is 0 Å². The Morgan fingerprint density at radius 2 is 2.11 bits per heavy atom. The first kappa shape index (κ1) is 11.3. The molecule has 96 valence electrons. The minimum Gasteiger partial charge on any atom is -0.305 e. The molecule has 6 heteroatoms. The lowest BCUT2D eigenvalue weighted by Crippen LogP contribution is -2.46. The molecule has 1 aromatic heterocycles. The third-order valence-corrected chi connectivity index (χ3v) is 3.93. The van der Waals surface area contributed by atoms with Gasteiger partial charge >= 0.3 is 6.03 Å². The van der Waals surface area contributed by atoms with E-state index < -0.39 is 5.54 Å². The Hall–Kier alpha value is -1.85. The van der Waals surface area contributed by atoms with Crippen LogP contribution in [0, 0.1) is 0 Å². The Kier molecular flexibility index (Phi) is 2.39. The number of carbonyl (C=O) groups is 2. The second-order valence-corrected chi connectivity index (χ2v) is 5.11. The van der Waals surface area contributed by atoms with Gasteiger partial charge in [-0.05, 0) is 12.8 Å². The molecule has 1 spiro atoms. The van der Waals surface area contributed by atoms with Crippen LogP contribution in [0.2, 0.25) is 0 Å². The number of carbonyl (C=O) groups excluding carboxylic acids is 2. The Balaban J connectivity index is 1.89. The van der Waals surface area contributed by atoms with Crippen molar-refractivity contribution in [3.05, 3.63) is 18.0 Å². The standard InChI is InChI=1S/C12H16N4O2/c1-15-7-9(6-13-15)8-16-11(18)14-10(17)12(16)4-2-3-5-12/h6-7H,2-5,8H2,1H3,(H,14,17,18). The van der Waals surface area contributed by atoms with Crippen molar-refractivity contribution in [2.24, 2.45) is 7.05 Å². The molecule has 1 aromatic rings. The van der Waals surface area contributed by atoms with Crippen LogP contribution in [0.4, 0.5) is 4.79 Å². The summed E-state index contributed by atoms with van der Waals surface area (Å²) in [6.07, 6.45) is 7.15. The van der Waals surface area contributed by atoms with E-state index in [0.717, 1.165) is 31.2 Å². The van der Waals surface area contributed by atoms with Crippen LogP contribution >= 0.6 is 0 Å². The van der Waals surface area contributed by atoms with Crippen LogP contribution in [0.3, 0.4) is 0 Å². The number of amides is 3. The summed E-state index contributed by atoms with van der Waals surface area (Å²) in [6, 6.07) is -0.272. The molecular formula is C12H16N4O2. The molecule has 6 nitrogen and oxygen atoms in total. The molecule has 0 unspecified atom stereocenters. The van der Waals surface area contributed by atoms with Gasteiger partial charge in [0, 0.05) is 18.8 Å². The molecule has 2 aliphatic rings. The van der Waals surface area contributed by atoms with E-state index in [2.05, 4.69) is 10.4 Å². The third kappa shape index (κ3) is 1.52. The maximum absolute atomic E-state index is 12.0. The number of hydrogen-bond donors (Lipinski definition) is 1. The molecule has 0 radical (unpaired) electrons. The molecule has 3 amide bonds. The number of hydrogen-bond acceptors (Lipinski definition) is 3. The van der Waals surface area contributed by atoms with Gasteiger partial charge in [-0.3, -0.25) is 14.8 Å². The molecule has 1 saturated heterocycles. The molecule has 0 aromatic carbocycles. The highest BCUT2D eigenvalue weighted by atomic mass is 16.2. The van der Waals surface area contributed by atoms with Gasteiger partial charge in [0.15, 0.2) is 0 Å². The smallest absolute Gasteiger partial charge is 0.305 e. The predicted molar refractivity (Wildman–Crippen MR) is 63.5 cm³/mol. The highest BCUT2D eigenvalue weighted by Crippen LogP contribution is 2.39. The highest BCUT2D eigenvalue weighted by molar-refractivity contribution is 6.07. The predicted octanol–water partition coefficient (Wildman–Crippen LogP) is 0.785. The molecule has 2 heterocycles. The third-order valence-electron chi connectivity index (χ3n) is 3.93. The Morgan fingerprint density at radius 3 is 2.72 bits per heavy atom. The van der Waals surface area contributed by atoms with E-state index in [1.165, 1.54) is 0 Å². The highest BCUT2D eigenvalue weighted by Gasteiger charge is 2.53. The zero-order chi connectivity index (χ0) is 12.8. The van der Waals surface area contributed by atoms with Crippen molar-refractivity contribution in [3.63, 3.8) is 0 Å². The van der Waals surface area contributed by atoms with Gasteiger partial charge in [-0.2, -0.15) is 5.10 Å². The maximum Gasteiger partial charge on any atom is 0.325 e. The monoisotopic (exact) mass is 248 g/mol. The summed E-state index contributed by atoms with van der Waals surface area (Å²) in [5.74, 6) is -0.131. The van der Waals surface area contributed by atoms with Gasteiger partial charge in [-0.25, -0.2) is 4.79 Å². The van der Waals surface area contributed by atoms with E-state index >= 15 is 0 Å². The second-order valence-electron chi connectivity index (χ2n) is 5.11. The van der Waals surface area contributed by atoms with Crippen LogP contribution in [0.15, 0.2) is 12.4 Å². The van der Waals surface area contributed by atoms with Crippen LogP contribution < -0.4 is 5.32 Å². The quantitative estimate of drug-likeness (QED) is 0.787. The van der Waals surface area contributed by atoms with Gasteiger partial charge in [0.2, 0.25) is 0 Å². The first-order valence-corrected chi connectivity index (χ1v) is 6.22. The summed E-state index contributed by atoms with van der Waals surface area (Å²) >= 11 is 0. The summed E-state index contributed by atoms with van der Waals surface area (Å²) in [4.78, 5) is 25.6. The van der Waals surface area contributed by atoms with Crippen molar-refractivity contribution in [2.75, 3.05) is 0 Å². The maximum atomic E-state index is 12.0. The molecule has 18 heavy (non-hydrogen) atoms. The van der Waals surface area contributed by atoms with Gasteiger partial charge in [-0.1, -0.05) is 12.8 Å². The van der Waals surface area contributed by atoms with Gasteiger partial charge in [0.05, 0.1) is 12.7 Å². The fourth-order valence-electron chi connectivity index (χ4n) is 3.01. The lowest BCUT2D eigenvalue weighted by molar-refractivity contribution is -0.126. The summed E-state index contributed by atoms with van der Waals surface area (Å²) in [5.41, 5.74) is 0.348. The van der Waals surface area contributed by atoms with Crippen molar-refractivity contribution < 1.29 is 9.59 Å². The lowest BCUT2D eigenvalue weighted by Gasteiger charge is -2.30. The van der Waals surface area contributed by atoms with Crippen LogP contribution in [-0.2, 0) is 18.4 Å². The van der Waals surface area contributed by atoms with E-state index in [-0.39, 0.29) is 11.9 Å². The Morgan fingerprint density at radius 1 is 1.39 bits per heavy atom. The normalized spacial score (nSPS) is 21.9. The summed E-state index contributed by atoms with van der Waals surface area (Å²) < 4.78 is 1.70. The lowest BCUT2D eigenvalue weighted by atomic mass is 9.96. The average Bonchev–Trinajstić information content (AvgIpc) is 2.99. The largest absolute Gasteiger partial charge is 0.325 e. The van der Waals surface area contributed by atoms with Crippen molar-refractivity contribution in [2.45, 2.75) is 37.8 Å². The van der Waals surface area contributed by atoms with Gasteiger partial charge in [-0.15, -0.1) is 0 Å². The van der Waals surface area contributed by atoms with Crippen LogP contribution in [0.1, 0.15) is 31.2 Å². The summed E-state index contributed by atoms with van der Waals surface area (Å²) in [6.45, 7) is 0.450.